The van der Waals surface area contributed by atoms with Crippen LogP contribution in [-0.4, -0.2) is 16.0 Å². The minimum absolute atomic E-state index is 0.0926. The van der Waals surface area contributed by atoms with Gasteiger partial charge in [0.2, 0.25) is 0 Å². The number of ether oxygens (including phenoxy) is 1. The number of rotatable bonds is 6. The van der Waals surface area contributed by atoms with Gasteiger partial charge in [0.15, 0.2) is 0 Å². The second kappa shape index (κ2) is 9.49. The quantitative estimate of drug-likeness (QED) is 0.369. The Labute approximate surface area is 191 Å². The Morgan fingerprint density at radius 2 is 1.74 bits per heavy atom. The summed E-state index contributed by atoms with van der Waals surface area (Å²) in [4.78, 5) is 26.4. The summed E-state index contributed by atoms with van der Waals surface area (Å²) < 4.78 is 20.5. The SMILES string of the molecule is O=C1S/C(=C/c2ccc(OCc3ccccc3)c(Br)c2)C(=O)N1Cc1ccccc1F. The number of carbonyl (C=O) groups is 2. The number of carbonyl (C=O) groups excluding carboxylic acids is 2. The Bertz CT molecular complexity index is 1170. The zero-order chi connectivity index (χ0) is 21.8. The van der Waals surface area contributed by atoms with Gasteiger partial charge in [-0.25, -0.2) is 4.39 Å². The summed E-state index contributed by atoms with van der Waals surface area (Å²) in [6, 6.07) is 21.4. The van der Waals surface area contributed by atoms with E-state index in [0.717, 1.165) is 32.3 Å². The monoisotopic (exact) mass is 497 g/mol. The molecule has 31 heavy (non-hydrogen) atoms. The first-order chi connectivity index (χ1) is 15.0. The van der Waals surface area contributed by atoms with Crippen LogP contribution in [0.3, 0.4) is 0 Å². The van der Waals surface area contributed by atoms with E-state index in [9.17, 15) is 14.0 Å². The highest BCUT2D eigenvalue weighted by atomic mass is 79.9. The normalized spacial score (nSPS) is 15.0. The zero-order valence-corrected chi connectivity index (χ0v) is 18.7. The largest absolute Gasteiger partial charge is 0.488 e. The second-order valence-corrected chi connectivity index (χ2v) is 8.67. The number of thioether (sulfide) groups is 1. The molecular weight excluding hydrogens is 481 g/mol. The molecule has 1 heterocycles. The van der Waals surface area contributed by atoms with Crippen molar-refractivity contribution in [2.45, 2.75) is 13.2 Å². The maximum atomic E-state index is 13.9. The maximum Gasteiger partial charge on any atom is 0.293 e. The fourth-order valence-electron chi connectivity index (χ4n) is 3.04. The third-order valence-corrected chi connectivity index (χ3v) is 6.18. The average Bonchev–Trinajstić information content (AvgIpc) is 3.03. The van der Waals surface area contributed by atoms with Gasteiger partial charge in [0.05, 0.1) is 15.9 Å². The van der Waals surface area contributed by atoms with Crippen LogP contribution in [-0.2, 0) is 17.9 Å². The molecule has 0 saturated carbocycles. The number of nitrogens with zero attached hydrogens (tertiary/aromatic N) is 1. The van der Waals surface area contributed by atoms with E-state index >= 15 is 0 Å². The van der Waals surface area contributed by atoms with Crippen molar-refractivity contribution in [3.05, 3.63) is 105 Å². The van der Waals surface area contributed by atoms with Gasteiger partial charge in [-0.3, -0.25) is 14.5 Å². The molecule has 1 fully saturated rings. The van der Waals surface area contributed by atoms with Gasteiger partial charge < -0.3 is 4.74 Å². The van der Waals surface area contributed by atoms with E-state index in [2.05, 4.69) is 15.9 Å². The van der Waals surface area contributed by atoms with E-state index in [1.54, 1.807) is 24.3 Å². The summed E-state index contributed by atoms with van der Waals surface area (Å²) >= 11 is 4.35. The Morgan fingerprint density at radius 3 is 2.48 bits per heavy atom. The first kappa shape index (κ1) is 21.3. The van der Waals surface area contributed by atoms with E-state index in [1.807, 2.05) is 48.5 Å². The van der Waals surface area contributed by atoms with Crippen molar-refractivity contribution in [1.82, 2.24) is 4.90 Å². The van der Waals surface area contributed by atoms with Crippen molar-refractivity contribution < 1.29 is 18.7 Å². The molecule has 7 heteroatoms. The Balaban J connectivity index is 1.47. The van der Waals surface area contributed by atoms with Crippen LogP contribution in [0.5, 0.6) is 5.75 Å². The average molecular weight is 498 g/mol. The maximum absolute atomic E-state index is 13.9. The molecule has 0 aromatic heterocycles. The van der Waals surface area contributed by atoms with Gasteiger partial charge in [0, 0.05) is 5.56 Å². The van der Waals surface area contributed by atoms with Crippen molar-refractivity contribution >= 4 is 44.9 Å². The fourth-order valence-corrected chi connectivity index (χ4v) is 4.39. The molecule has 0 aliphatic carbocycles. The molecule has 1 aliphatic heterocycles. The number of hydrogen-bond donors (Lipinski definition) is 0. The lowest BCUT2D eigenvalue weighted by Crippen LogP contribution is -2.27. The van der Waals surface area contributed by atoms with Crippen LogP contribution in [0.4, 0.5) is 9.18 Å². The first-order valence-corrected chi connectivity index (χ1v) is 11.1. The lowest BCUT2D eigenvalue weighted by molar-refractivity contribution is -0.123. The Kier molecular flexibility index (Phi) is 6.53. The molecule has 1 saturated heterocycles. The fraction of sp³-hybridized carbons (Fsp3) is 0.0833. The Morgan fingerprint density at radius 1 is 1.00 bits per heavy atom. The molecule has 2 amide bonds. The molecule has 0 N–H and O–H groups in total. The molecule has 156 valence electrons. The molecule has 0 unspecified atom stereocenters. The summed E-state index contributed by atoms with van der Waals surface area (Å²) in [7, 11) is 0. The Hall–Kier alpha value is -2.90. The van der Waals surface area contributed by atoms with Crippen LogP contribution >= 0.6 is 27.7 Å². The van der Waals surface area contributed by atoms with Gasteiger partial charge in [-0.05, 0) is 63.1 Å². The lowest BCUT2D eigenvalue weighted by Gasteiger charge is -2.12. The number of amides is 2. The number of hydrogen-bond acceptors (Lipinski definition) is 4. The van der Waals surface area contributed by atoms with Crippen LogP contribution in [0, 0.1) is 5.82 Å². The van der Waals surface area contributed by atoms with Crippen LogP contribution in [0.1, 0.15) is 16.7 Å². The van der Waals surface area contributed by atoms with Gasteiger partial charge >= 0.3 is 0 Å². The predicted molar refractivity (Wildman–Crippen MR) is 123 cm³/mol. The molecule has 4 rings (SSSR count). The molecule has 3 aromatic rings. The van der Waals surface area contributed by atoms with E-state index in [0.29, 0.717) is 22.8 Å². The smallest absolute Gasteiger partial charge is 0.293 e. The second-order valence-electron chi connectivity index (χ2n) is 6.82. The summed E-state index contributed by atoms with van der Waals surface area (Å²) in [6.45, 7) is 0.346. The zero-order valence-electron chi connectivity index (χ0n) is 16.3. The van der Waals surface area contributed by atoms with Crippen molar-refractivity contribution in [2.24, 2.45) is 0 Å². The summed E-state index contributed by atoms with van der Waals surface area (Å²) in [5.41, 5.74) is 2.10. The van der Waals surface area contributed by atoms with E-state index in [1.165, 1.54) is 6.07 Å². The molecular formula is C24H17BrFNO3S. The van der Waals surface area contributed by atoms with Gasteiger partial charge in [0.25, 0.3) is 11.1 Å². The van der Waals surface area contributed by atoms with Gasteiger partial charge in [-0.1, -0.05) is 54.6 Å². The van der Waals surface area contributed by atoms with Crippen LogP contribution < -0.4 is 4.74 Å². The van der Waals surface area contributed by atoms with Crippen LogP contribution in [0.2, 0.25) is 0 Å². The molecule has 0 atom stereocenters. The standard InChI is InChI=1S/C24H17BrFNO3S/c25-19-12-17(10-11-21(19)30-15-16-6-2-1-3-7-16)13-22-23(28)27(24(29)31-22)14-18-8-4-5-9-20(18)26/h1-13H,14-15H2/b22-13+. The van der Waals surface area contributed by atoms with Crippen LogP contribution in [0.15, 0.2) is 82.2 Å². The van der Waals surface area contributed by atoms with Crippen molar-refractivity contribution in [3.8, 4) is 5.75 Å². The summed E-state index contributed by atoms with van der Waals surface area (Å²) in [5, 5.41) is -0.415. The predicted octanol–water partition coefficient (Wildman–Crippen LogP) is 6.40. The van der Waals surface area contributed by atoms with Crippen molar-refractivity contribution in [1.29, 1.82) is 0 Å². The van der Waals surface area contributed by atoms with E-state index < -0.39 is 17.0 Å². The number of benzene rings is 3. The van der Waals surface area contributed by atoms with E-state index in [-0.39, 0.29) is 6.54 Å². The highest BCUT2D eigenvalue weighted by Gasteiger charge is 2.35. The molecule has 4 nitrogen and oxygen atoms in total. The van der Waals surface area contributed by atoms with E-state index in [4.69, 9.17) is 4.74 Å². The van der Waals surface area contributed by atoms with Crippen LogP contribution in [0.25, 0.3) is 6.08 Å². The first-order valence-electron chi connectivity index (χ1n) is 9.46. The molecule has 0 spiro atoms. The highest BCUT2D eigenvalue weighted by molar-refractivity contribution is 9.10. The van der Waals surface area contributed by atoms with Crippen molar-refractivity contribution in [2.75, 3.05) is 0 Å². The van der Waals surface area contributed by atoms with Gasteiger partial charge in [-0.2, -0.15) is 0 Å². The summed E-state index contributed by atoms with van der Waals surface area (Å²) in [6.07, 6.45) is 1.65. The molecule has 3 aromatic carbocycles. The van der Waals surface area contributed by atoms with Gasteiger partial charge in [-0.15, -0.1) is 0 Å². The third kappa shape index (κ3) is 5.06. The number of halogens is 2. The molecule has 0 bridgehead atoms. The molecule has 0 radical (unpaired) electrons. The minimum atomic E-state index is -0.444. The van der Waals surface area contributed by atoms with Crippen molar-refractivity contribution in [3.63, 3.8) is 0 Å². The molecule has 1 aliphatic rings. The third-order valence-electron chi connectivity index (χ3n) is 4.65. The van der Waals surface area contributed by atoms with Gasteiger partial charge in [0.1, 0.15) is 18.2 Å². The summed E-state index contributed by atoms with van der Waals surface area (Å²) in [5.74, 6) is -0.201. The topological polar surface area (TPSA) is 46.6 Å². The lowest BCUT2D eigenvalue weighted by atomic mass is 10.2. The highest BCUT2D eigenvalue weighted by Crippen LogP contribution is 2.35. The number of imide groups is 1. The minimum Gasteiger partial charge on any atom is -0.488 e.